The molecule has 0 aliphatic heterocycles. The Kier molecular flexibility index (Phi) is 6.39. The van der Waals surface area contributed by atoms with Gasteiger partial charge in [-0.05, 0) is 6.92 Å². The van der Waals surface area contributed by atoms with E-state index in [0.717, 1.165) is 0 Å². The molecular weight excluding hydrogens is 216 g/mol. The minimum Gasteiger partial charge on any atom is -0.351 e. The highest BCUT2D eigenvalue weighted by Gasteiger charge is 2.58. The molecule has 0 aliphatic carbocycles. The van der Waals surface area contributed by atoms with E-state index >= 15 is 0 Å². The first kappa shape index (κ1) is 15.8. The molecule has 6 heteroatoms. The predicted octanol–water partition coefficient (Wildman–Crippen LogP) is 0.603. The smallest absolute Gasteiger partial charge is 0.275 e. The van der Waals surface area contributed by atoms with Gasteiger partial charge in [0.05, 0.1) is 0 Å². The third kappa shape index (κ3) is 2.37. The van der Waals surface area contributed by atoms with Crippen LogP contribution in [0.3, 0.4) is 0 Å². The first-order chi connectivity index (χ1) is 7.51. The fourth-order valence-electron chi connectivity index (χ4n) is 1.64. The molecule has 0 fully saturated rings. The van der Waals surface area contributed by atoms with E-state index in [4.69, 9.17) is 28.4 Å². The van der Waals surface area contributed by atoms with Crippen molar-refractivity contribution in [1.82, 2.24) is 0 Å². The topological polar surface area (TPSA) is 55.4 Å². The van der Waals surface area contributed by atoms with E-state index in [0.29, 0.717) is 0 Å². The summed E-state index contributed by atoms with van der Waals surface area (Å²) in [6.45, 7) is 1.67. The summed E-state index contributed by atoms with van der Waals surface area (Å²) in [6.07, 6.45) is -0.799. The fraction of sp³-hybridized carbons (Fsp3) is 1.00. The summed E-state index contributed by atoms with van der Waals surface area (Å²) in [5, 5.41) is 0. The molecule has 0 atom stereocenters. The van der Waals surface area contributed by atoms with Gasteiger partial charge in [0.2, 0.25) is 12.1 Å². The van der Waals surface area contributed by atoms with E-state index in [1.54, 1.807) is 6.92 Å². The van der Waals surface area contributed by atoms with Crippen LogP contribution in [-0.4, -0.2) is 60.5 Å². The molecule has 0 rings (SSSR count). The van der Waals surface area contributed by atoms with Crippen LogP contribution >= 0.6 is 0 Å². The van der Waals surface area contributed by atoms with Crippen LogP contribution in [0.15, 0.2) is 0 Å². The lowest BCUT2D eigenvalue weighted by Crippen LogP contribution is -2.65. The predicted molar refractivity (Wildman–Crippen MR) is 57.0 cm³/mol. The summed E-state index contributed by atoms with van der Waals surface area (Å²) in [6, 6.07) is 0. The zero-order chi connectivity index (χ0) is 12.8. The highest BCUT2D eigenvalue weighted by molar-refractivity contribution is 4.88. The Hall–Kier alpha value is -0.240. The van der Waals surface area contributed by atoms with Gasteiger partial charge in [0, 0.05) is 42.7 Å². The number of methoxy groups -OCH3 is 6. The SMILES string of the molecule is COC(OC)C(OC)(OC)C(C)(OC)OC. The summed E-state index contributed by atoms with van der Waals surface area (Å²) in [5.41, 5.74) is 0. The quantitative estimate of drug-likeness (QED) is 0.577. The Morgan fingerprint density at radius 2 is 1.06 bits per heavy atom. The van der Waals surface area contributed by atoms with Crippen LogP contribution in [0.5, 0.6) is 0 Å². The van der Waals surface area contributed by atoms with Crippen LogP contribution < -0.4 is 0 Å². The number of ether oxygens (including phenoxy) is 6. The molecule has 0 heterocycles. The second-order valence-corrected chi connectivity index (χ2v) is 3.23. The molecule has 0 saturated carbocycles. The van der Waals surface area contributed by atoms with Gasteiger partial charge in [0.15, 0.2) is 0 Å². The van der Waals surface area contributed by atoms with E-state index in [1.807, 2.05) is 0 Å². The van der Waals surface area contributed by atoms with Crippen LogP contribution in [0.25, 0.3) is 0 Å². The van der Waals surface area contributed by atoms with E-state index in [9.17, 15) is 0 Å². The highest BCUT2D eigenvalue weighted by atomic mass is 16.8. The van der Waals surface area contributed by atoms with Gasteiger partial charge >= 0.3 is 0 Å². The molecule has 0 bridgehead atoms. The summed E-state index contributed by atoms with van der Waals surface area (Å²) in [4.78, 5) is 0. The van der Waals surface area contributed by atoms with Gasteiger partial charge in [-0.1, -0.05) is 0 Å². The molecule has 0 saturated heterocycles. The molecule has 98 valence electrons. The van der Waals surface area contributed by atoms with Gasteiger partial charge in [-0.3, -0.25) is 0 Å². The van der Waals surface area contributed by atoms with Crippen LogP contribution in [0.2, 0.25) is 0 Å². The first-order valence-corrected chi connectivity index (χ1v) is 4.78. The Bertz CT molecular complexity index is 184. The summed E-state index contributed by atoms with van der Waals surface area (Å²) in [7, 11) is 8.85. The maximum atomic E-state index is 5.36. The largest absolute Gasteiger partial charge is 0.351 e. The lowest BCUT2D eigenvalue weighted by Gasteiger charge is -2.46. The Morgan fingerprint density at radius 3 is 1.25 bits per heavy atom. The van der Waals surface area contributed by atoms with Gasteiger partial charge in [0.1, 0.15) is 0 Å². The molecule has 0 amide bonds. The molecule has 0 unspecified atom stereocenters. The molecule has 16 heavy (non-hydrogen) atoms. The van der Waals surface area contributed by atoms with Gasteiger partial charge in [0.25, 0.3) is 5.79 Å². The van der Waals surface area contributed by atoms with Crippen molar-refractivity contribution in [2.45, 2.75) is 24.8 Å². The summed E-state index contributed by atoms with van der Waals surface area (Å²) in [5.74, 6) is -2.51. The fourth-order valence-corrected chi connectivity index (χ4v) is 1.64. The second-order valence-electron chi connectivity index (χ2n) is 3.23. The van der Waals surface area contributed by atoms with E-state index < -0.39 is 17.9 Å². The van der Waals surface area contributed by atoms with E-state index in [2.05, 4.69) is 0 Å². The molecule has 0 aromatic rings. The van der Waals surface area contributed by atoms with Gasteiger partial charge < -0.3 is 28.4 Å². The maximum Gasteiger partial charge on any atom is 0.275 e. The summed E-state index contributed by atoms with van der Waals surface area (Å²) < 4.78 is 31.6. The second kappa shape index (κ2) is 6.48. The van der Waals surface area contributed by atoms with Gasteiger partial charge in [-0.2, -0.15) is 0 Å². The number of hydrogen-bond acceptors (Lipinski definition) is 6. The third-order valence-electron chi connectivity index (χ3n) is 2.76. The van der Waals surface area contributed by atoms with Crippen molar-refractivity contribution in [1.29, 1.82) is 0 Å². The Morgan fingerprint density at radius 1 is 0.688 bits per heavy atom. The molecule has 0 spiro atoms. The van der Waals surface area contributed by atoms with Crippen molar-refractivity contribution < 1.29 is 28.4 Å². The molecule has 0 radical (unpaired) electrons. The van der Waals surface area contributed by atoms with Crippen LogP contribution in [-0.2, 0) is 28.4 Å². The standard InChI is InChI=1S/C10H22O6/c1-9(13-4,14-5)10(15-6,16-7)8(11-2)12-3/h8H,1-7H3. The normalized spacial score (nSPS) is 13.5. The molecular formula is C10H22O6. The van der Waals surface area contributed by atoms with Crippen molar-refractivity contribution >= 4 is 0 Å². The monoisotopic (exact) mass is 238 g/mol. The zero-order valence-electron chi connectivity index (χ0n) is 11.0. The Balaban J connectivity index is 5.36. The van der Waals surface area contributed by atoms with Crippen molar-refractivity contribution in [2.75, 3.05) is 42.7 Å². The summed E-state index contributed by atoms with van der Waals surface area (Å²) >= 11 is 0. The Labute approximate surface area is 96.7 Å². The van der Waals surface area contributed by atoms with Crippen LogP contribution in [0.4, 0.5) is 0 Å². The molecule has 0 aromatic carbocycles. The number of rotatable bonds is 8. The minimum atomic E-state index is -1.33. The van der Waals surface area contributed by atoms with Crippen molar-refractivity contribution in [3.8, 4) is 0 Å². The molecule has 6 nitrogen and oxygen atoms in total. The average molecular weight is 238 g/mol. The average Bonchev–Trinajstić information content (AvgIpc) is 2.35. The molecule has 0 aromatic heterocycles. The van der Waals surface area contributed by atoms with Crippen molar-refractivity contribution in [3.05, 3.63) is 0 Å². The molecule has 0 aliphatic rings. The third-order valence-corrected chi connectivity index (χ3v) is 2.76. The van der Waals surface area contributed by atoms with Crippen LogP contribution in [0.1, 0.15) is 6.92 Å². The van der Waals surface area contributed by atoms with Gasteiger partial charge in [-0.25, -0.2) is 0 Å². The zero-order valence-corrected chi connectivity index (χ0v) is 11.0. The first-order valence-electron chi connectivity index (χ1n) is 4.78. The van der Waals surface area contributed by atoms with E-state index in [1.165, 1.54) is 42.7 Å². The van der Waals surface area contributed by atoms with Crippen LogP contribution in [0, 0.1) is 0 Å². The van der Waals surface area contributed by atoms with Gasteiger partial charge in [-0.15, -0.1) is 0 Å². The van der Waals surface area contributed by atoms with Crippen molar-refractivity contribution in [2.24, 2.45) is 0 Å². The minimum absolute atomic E-state index is 0.799. The van der Waals surface area contributed by atoms with E-state index in [-0.39, 0.29) is 0 Å². The lowest BCUT2D eigenvalue weighted by molar-refractivity contribution is -0.436. The molecule has 0 N–H and O–H groups in total. The lowest BCUT2D eigenvalue weighted by atomic mass is 10.1. The maximum absolute atomic E-state index is 5.36. The van der Waals surface area contributed by atoms with Crippen molar-refractivity contribution in [3.63, 3.8) is 0 Å². The number of hydrogen-bond donors (Lipinski definition) is 0. The highest BCUT2D eigenvalue weighted by Crippen LogP contribution is 2.35.